The van der Waals surface area contributed by atoms with Gasteiger partial charge >= 0.3 is 0 Å². The lowest BCUT2D eigenvalue weighted by Gasteiger charge is -2.18. The van der Waals surface area contributed by atoms with Gasteiger partial charge in [-0.3, -0.25) is 0 Å². The fourth-order valence-electron chi connectivity index (χ4n) is 1.58. The Morgan fingerprint density at radius 1 is 1.28 bits per heavy atom. The zero-order valence-electron chi connectivity index (χ0n) is 11.1. The lowest BCUT2D eigenvalue weighted by Crippen LogP contribution is -2.38. The summed E-state index contributed by atoms with van der Waals surface area (Å²) in [5.74, 6) is 0.792. The number of rotatable bonds is 9. The summed E-state index contributed by atoms with van der Waals surface area (Å²) in [4.78, 5) is 0. The van der Waals surface area contributed by atoms with Crippen molar-refractivity contribution in [3.05, 3.63) is 29.3 Å². The van der Waals surface area contributed by atoms with Crippen LogP contribution in [0.5, 0.6) is 5.75 Å². The quantitative estimate of drug-likeness (QED) is 0.700. The first kappa shape index (κ1) is 15.3. The molecular formula is C14H22ClNO2. The van der Waals surface area contributed by atoms with E-state index in [9.17, 15) is 0 Å². The topological polar surface area (TPSA) is 30.5 Å². The van der Waals surface area contributed by atoms with E-state index in [0.29, 0.717) is 18.2 Å². The predicted molar refractivity (Wildman–Crippen MR) is 75.5 cm³/mol. The number of ether oxygens (including phenoxy) is 2. The fourth-order valence-corrected chi connectivity index (χ4v) is 1.76. The highest BCUT2D eigenvalue weighted by Crippen LogP contribution is 2.17. The Bertz CT molecular complexity index is 333. The minimum atomic E-state index is 0.209. The van der Waals surface area contributed by atoms with Crippen molar-refractivity contribution in [2.45, 2.75) is 26.3 Å². The van der Waals surface area contributed by atoms with Gasteiger partial charge in [-0.15, -0.1) is 0 Å². The summed E-state index contributed by atoms with van der Waals surface area (Å²) in [5, 5.41) is 4.03. The van der Waals surface area contributed by atoms with E-state index < -0.39 is 0 Å². The molecule has 4 heteroatoms. The van der Waals surface area contributed by atoms with E-state index in [0.717, 1.165) is 25.3 Å². The average Bonchev–Trinajstić information content (AvgIpc) is 2.36. The molecule has 1 rings (SSSR count). The molecule has 1 aromatic carbocycles. The van der Waals surface area contributed by atoms with Gasteiger partial charge in [0.1, 0.15) is 12.4 Å². The number of benzene rings is 1. The molecule has 0 aliphatic carbocycles. The van der Waals surface area contributed by atoms with Gasteiger partial charge in [0.15, 0.2) is 0 Å². The molecule has 0 heterocycles. The van der Waals surface area contributed by atoms with Crippen LogP contribution in [0.4, 0.5) is 0 Å². The summed E-state index contributed by atoms with van der Waals surface area (Å²) in [7, 11) is 0. The Balaban J connectivity index is 2.36. The number of halogens is 1. The van der Waals surface area contributed by atoms with Crippen molar-refractivity contribution in [1.82, 2.24) is 5.32 Å². The summed E-state index contributed by atoms with van der Waals surface area (Å²) in [6.45, 7) is 7.12. The second-order valence-electron chi connectivity index (χ2n) is 4.10. The molecule has 0 aromatic heterocycles. The van der Waals surface area contributed by atoms with Crippen LogP contribution in [0.15, 0.2) is 24.3 Å². The lowest BCUT2D eigenvalue weighted by molar-refractivity contribution is 0.0943. The van der Waals surface area contributed by atoms with Crippen LogP contribution in [0.1, 0.15) is 20.3 Å². The van der Waals surface area contributed by atoms with Crippen LogP contribution in [0, 0.1) is 0 Å². The van der Waals surface area contributed by atoms with Crippen LogP contribution < -0.4 is 10.1 Å². The standard InChI is InChI=1S/C14H22ClNO2/c1-3-8-17-10-13(16-4-2)11-18-14-7-5-6-12(15)9-14/h5-7,9,13,16H,3-4,8,10-11H2,1-2H3. The number of nitrogens with one attached hydrogen (secondary N) is 1. The van der Waals surface area contributed by atoms with Crippen molar-refractivity contribution in [2.24, 2.45) is 0 Å². The smallest absolute Gasteiger partial charge is 0.120 e. The average molecular weight is 272 g/mol. The van der Waals surface area contributed by atoms with Crippen LogP contribution in [0.3, 0.4) is 0 Å². The van der Waals surface area contributed by atoms with Gasteiger partial charge in [0, 0.05) is 11.6 Å². The molecule has 18 heavy (non-hydrogen) atoms. The van der Waals surface area contributed by atoms with Gasteiger partial charge in [0.25, 0.3) is 0 Å². The molecule has 3 nitrogen and oxygen atoms in total. The van der Waals surface area contributed by atoms with E-state index in [1.807, 2.05) is 24.3 Å². The number of hydrogen-bond donors (Lipinski definition) is 1. The lowest BCUT2D eigenvalue weighted by atomic mass is 10.3. The van der Waals surface area contributed by atoms with E-state index in [1.54, 1.807) is 0 Å². The maximum Gasteiger partial charge on any atom is 0.120 e. The first-order valence-electron chi connectivity index (χ1n) is 6.45. The highest BCUT2D eigenvalue weighted by Gasteiger charge is 2.08. The van der Waals surface area contributed by atoms with Crippen LogP contribution in [-0.4, -0.2) is 32.4 Å². The summed E-state index contributed by atoms with van der Waals surface area (Å²) in [6.07, 6.45) is 1.04. The molecule has 0 spiro atoms. The Hall–Kier alpha value is -0.770. The molecule has 1 N–H and O–H groups in total. The van der Waals surface area contributed by atoms with Gasteiger partial charge in [-0.2, -0.15) is 0 Å². The molecule has 0 fully saturated rings. The third-order valence-electron chi connectivity index (χ3n) is 2.41. The van der Waals surface area contributed by atoms with Gasteiger partial charge in [0.2, 0.25) is 0 Å². The first-order chi connectivity index (χ1) is 8.76. The molecule has 0 bridgehead atoms. The molecule has 0 radical (unpaired) electrons. The zero-order chi connectivity index (χ0) is 13.2. The molecule has 0 saturated heterocycles. The predicted octanol–water partition coefficient (Wildman–Crippen LogP) is 3.12. The molecule has 1 atom stereocenters. The summed E-state index contributed by atoms with van der Waals surface area (Å²) in [5.41, 5.74) is 0. The van der Waals surface area contributed by atoms with E-state index in [4.69, 9.17) is 21.1 Å². The molecule has 0 aliphatic rings. The van der Waals surface area contributed by atoms with Crippen molar-refractivity contribution in [2.75, 3.05) is 26.4 Å². The summed E-state index contributed by atoms with van der Waals surface area (Å²) < 4.78 is 11.2. The minimum absolute atomic E-state index is 0.209. The van der Waals surface area contributed by atoms with Gasteiger partial charge < -0.3 is 14.8 Å². The Morgan fingerprint density at radius 2 is 2.11 bits per heavy atom. The van der Waals surface area contributed by atoms with Crippen molar-refractivity contribution in [3.63, 3.8) is 0 Å². The second kappa shape index (κ2) is 9.20. The highest BCUT2D eigenvalue weighted by atomic mass is 35.5. The molecule has 102 valence electrons. The van der Waals surface area contributed by atoms with E-state index >= 15 is 0 Å². The molecule has 0 aliphatic heterocycles. The van der Waals surface area contributed by atoms with Gasteiger partial charge in [-0.25, -0.2) is 0 Å². The van der Waals surface area contributed by atoms with Gasteiger partial charge in [-0.1, -0.05) is 31.5 Å². The molecular weight excluding hydrogens is 250 g/mol. The highest BCUT2D eigenvalue weighted by molar-refractivity contribution is 6.30. The Morgan fingerprint density at radius 3 is 2.78 bits per heavy atom. The maximum absolute atomic E-state index is 5.90. The van der Waals surface area contributed by atoms with E-state index in [1.165, 1.54) is 0 Å². The third-order valence-corrected chi connectivity index (χ3v) is 2.64. The fraction of sp³-hybridized carbons (Fsp3) is 0.571. The SMILES string of the molecule is CCCOCC(COc1cccc(Cl)c1)NCC. The monoisotopic (exact) mass is 271 g/mol. The Kier molecular flexibility index (Phi) is 7.81. The van der Waals surface area contributed by atoms with Crippen molar-refractivity contribution in [3.8, 4) is 5.75 Å². The summed E-state index contributed by atoms with van der Waals surface area (Å²) in [6, 6.07) is 7.65. The number of likely N-dealkylation sites (N-methyl/N-ethyl adjacent to an activating group) is 1. The molecule has 0 saturated carbocycles. The van der Waals surface area contributed by atoms with Crippen LogP contribution >= 0.6 is 11.6 Å². The Labute approximate surface area is 114 Å². The molecule has 0 amide bonds. The first-order valence-corrected chi connectivity index (χ1v) is 6.83. The zero-order valence-corrected chi connectivity index (χ0v) is 11.9. The van der Waals surface area contributed by atoms with Crippen LogP contribution in [0.2, 0.25) is 5.02 Å². The van der Waals surface area contributed by atoms with Crippen LogP contribution in [-0.2, 0) is 4.74 Å². The molecule has 1 unspecified atom stereocenters. The number of hydrogen-bond acceptors (Lipinski definition) is 3. The minimum Gasteiger partial charge on any atom is -0.492 e. The largest absolute Gasteiger partial charge is 0.492 e. The summed E-state index contributed by atoms with van der Waals surface area (Å²) >= 11 is 5.90. The van der Waals surface area contributed by atoms with Crippen molar-refractivity contribution in [1.29, 1.82) is 0 Å². The third kappa shape index (κ3) is 6.24. The van der Waals surface area contributed by atoms with Crippen molar-refractivity contribution >= 4 is 11.6 Å². The van der Waals surface area contributed by atoms with E-state index in [-0.39, 0.29) is 6.04 Å². The van der Waals surface area contributed by atoms with Gasteiger partial charge in [0.05, 0.1) is 12.6 Å². The van der Waals surface area contributed by atoms with Crippen molar-refractivity contribution < 1.29 is 9.47 Å². The van der Waals surface area contributed by atoms with Crippen LogP contribution in [0.25, 0.3) is 0 Å². The van der Waals surface area contributed by atoms with Gasteiger partial charge in [-0.05, 0) is 31.2 Å². The molecule has 1 aromatic rings. The normalized spacial score (nSPS) is 12.4. The van der Waals surface area contributed by atoms with E-state index in [2.05, 4.69) is 19.2 Å². The maximum atomic E-state index is 5.90. The second-order valence-corrected chi connectivity index (χ2v) is 4.53.